The maximum absolute atomic E-state index is 12.8. The molecule has 0 bridgehead atoms. The van der Waals surface area contributed by atoms with Gasteiger partial charge in [-0.25, -0.2) is 0 Å². The fourth-order valence-electron chi connectivity index (χ4n) is 2.91. The van der Waals surface area contributed by atoms with Gasteiger partial charge in [0.25, 0.3) is 5.91 Å². The second-order valence-corrected chi connectivity index (χ2v) is 7.28. The van der Waals surface area contributed by atoms with Crippen molar-refractivity contribution in [3.63, 3.8) is 0 Å². The van der Waals surface area contributed by atoms with Crippen LogP contribution in [0, 0.1) is 11.3 Å². The summed E-state index contributed by atoms with van der Waals surface area (Å²) in [6, 6.07) is 23.0. The molecular weight excluding hydrogens is 406 g/mol. The quantitative estimate of drug-likeness (QED) is 0.468. The van der Waals surface area contributed by atoms with Crippen LogP contribution < -0.4 is 10.1 Å². The Balaban J connectivity index is 1.85. The largest absolute Gasteiger partial charge is 0.435 e. The summed E-state index contributed by atoms with van der Waals surface area (Å²) in [6.45, 7) is -2.94. The minimum atomic E-state index is -2.94. The maximum Gasteiger partial charge on any atom is 0.387 e. The standard InChI is InChI=1S/C23H18F2N2O2S/c24-23(25)29-20-11-10-18(15-17(20)14-16-6-2-1-3-7-16)27-22(28)19-8-4-5-9-21(19)30-13-12-26/h1-11,15,23H,13-14H2,(H,27,28). The number of hydrogen-bond donors (Lipinski definition) is 1. The van der Waals surface area contributed by atoms with Crippen LogP contribution >= 0.6 is 11.8 Å². The molecule has 3 aromatic rings. The van der Waals surface area contributed by atoms with Crippen LogP contribution in [-0.4, -0.2) is 18.3 Å². The van der Waals surface area contributed by atoms with Crippen molar-refractivity contribution in [3.05, 3.63) is 89.5 Å². The lowest BCUT2D eigenvalue weighted by atomic mass is 10.0. The van der Waals surface area contributed by atoms with Gasteiger partial charge in [-0.1, -0.05) is 42.5 Å². The normalized spacial score (nSPS) is 10.5. The first kappa shape index (κ1) is 21.3. The number of anilines is 1. The summed E-state index contributed by atoms with van der Waals surface area (Å²) in [6.07, 6.45) is 0.376. The van der Waals surface area contributed by atoms with Crippen LogP contribution in [0.5, 0.6) is 5.75 Å². The predicted molar refractivity (Wildman–Crippen MR) is 113 cm³/mol. The Kier molecular flexibility index (Phi) is 7.41. The van der Waals surface area contributed by atoms with Gasteiger partial charge in [-0.15, -0.1) is 11.8 Å². The highest BCUT2D eigenvalue weighted by molar-refractivity contribution is 7.99. The van der Waals surface area contributed by atoms with Gasteiger partial charge in [0.15, 0.2) is 0 Å². The Morgan fingerprint density at radius 2 is 1.80 bits per heavy atom. The Hall–Kier alpha value is -3.37. The summed E-state index contributed by atoms with van der Waals surface area (Å²) in [5.74, 6) is -0.0494. The van der Waals surface area contributed by atoms with Gasteiger partial charge in [-0.05, 0) is 35.9 Å². The molecule has 0 atom stereocenters. The molecule has 152 valence electrons. The minimum Gasteiger partial charge on any atom is -0.435 e. The first-order chi connectivity index (χ1) is 14.6. The molecule has 7 heteroatoms. The Morgan fingerprint density at radius 3 is 2.53 bits per heavy atom. The number of halogens is 2. The highest BCUT2D eigenvalue weighted by Crippen LogP contribution is 2.28. The van der Waals surface area contributed by atoms with Gasteiger partial charge >= 0.3 is 6.61 Å². The number of nitriles is 1. The topological polar surface area (TPSA) is 62.1 Å². The molecular formula is C23H18F2N2O2S. The van der Waals surface area contributed by atoms with Crippen LogP contribution in [0.15, 0.2) is 77.7 Å². The van der Waals surface area contributed by atoms with Crippen molar-refractivity contribution < 1.29 is 18.3 Å². The van der Waals surface area contributed by atoms with E-state index in [4.69, 9.17) is 5.26 Å². The number of ether oxygens (including phenoxy) is 1. The summed E-state index contributed by atoms with van der Waals surface area (Å²) in [5.41, 5.74) is 2.37. The number of amides is 1. The third-order valence-electron chi connectivity index (χ3n) is 4.20. The second-order valence-electron chi connectivity index (χ2n) is 6.26. The number of carbonyl (C=O) groups is 1. The van der Waals surface area contributed by atoms with E-state index in [0.29, 0.717) is 28.1 Å². The van der Waals surface area contributed by atoms with E-state index < -0.39 is 6.61 Å². The molecule has 1 N–H and O–H groups in total. The van der Waals surface area contributed by atoms with Gasteiger partial charge in [0.05, 0.1) is 17.4 Å². The molecule has 0 saturated heterocycles. The van der Waals surface area contributed by atoms with Crippen molar-refractivity contribution in [2.24, 2.45) is 0 Å². The number of carbonyl (C=O) groups excluding carboxylic acids is 1. The average molecular weight is 424 g/mol. The summed E-state index contributed by atoms with van der Waals surface area (Å²) in [7, 11) is 0. The van der Waals surface area contributed by atoms with Gasteiger partial charge < -0.3 is 10.1 Å². The summed E-state index contributed by atoms with van der Waals surface area (Å²) in [5, 5.41) is 11.6. The Bertz CT molecular complexity index is 1050. The molecule has 0 saturated carbocycles. The van der Waals surface area contributed by atoms with Gasteiger partial charge in [0, 0.05) is 22.6 Å². The SMILES string of the molecule is N#CCSc1ccccc1C(=O)Nc1ccc(OC(F)F)c(Cc2ccccc2)c1. The summed E-state index contributed by atoms with van der Waals surface area (Å²) in [4.78, 5) is 13.5. The van der Waals surface area contributed by atoms with Crippen LogP contribution in [0.4, 0.5) is 14.5 Å². The predicted octanol–water partition coefficient (Wildman–Crippen LogP) is 5.75. The minimum absolute atomic E-state index is 0.0665. The third kappa shape index (κ3) is 5.82. The summed E-state index contributed by atoms with van der Waals surface area (Å²) >= 11 is 1.27. The van der Waals surface area contributed by atoms with E-state index in [2.05, 4.69) is 10.1 Å². The molecule has 0 aromatic heterocycles. The van der Waals surface area contributed by atoms with E-state index >= 15 is 0 Å². The Labute approximate surface area is 177 Å². The molecule has 3 rings (SSSR count). The molecule has 0 aliphatic carbocycles. The highest BCUT2D eigenvalue weighted by Gasteiger charge is 2.15. The highest BCUT2D eigenvalue weighted by atomic mass is 32.2. The van der Waals surface area contributed by atoms with Crippen molar-refractivity contribution in [1.29, 1.82) is 5.26 Å². The van der Waals surface area contributed by atoms with Crippen LogP contribution in [0.3, 0.4) is 0 Å². The number of hydrogen-bond acceptors (Lipinski definition) is 4. The van der Waals surface area contributed by atoms with Crippen molar-refractivity contribution >= 4 is 23.4 Å². The maximum atomic E-state index is 12.8. The number of benzene rings is 3. The lowest BCUT2D eigenvalue weighted by Crippen LogP contribution is -2.13. The smallest absolute Gasteiger partial charge is 0.387 e. The fourth-order valence-corrected chi connectivity index (χ4v) is 3.62. The number of thioether (sulfide) groups is 1. The molecule has 0 heterocycles. The molecule has 30 heavy (non-hydrogen) atoms. The number of nitrogens with zero attached hydrogens (tertiary/aromatic N) is 1. The van der Waals surface area contributed by atoms with Crippen molar-refractivity contribution in [1.82, 2.24) is 0 Å². The van der Waals surface area contributed by atoms with Crippen LogP contribution in [0.1, 0.15) is 21.5 Å². The van der Waals surface area contributed by atoms with Crippen LogP contribution in [-0.2, 0) is 6.42 Å². The van der Waals surface area contributed by atoms with E-state index in [1.165, 1.54) is 23.9 Å². The lowest BCUT2D eigenvalue weighted by Gasteiger charge is -2.14. The second kappa shape index (κ2) is 10.4. The molecule has 3 aromatic carbocycles. The number of alkyl halides is 2. The number of nitrogens with one attached hydrogen (secondary N) is 1. The van der Waals surface area contributed by atoms with Gasteiger partial charge in [0.2, 0.25) is 0 Å². The van der Waals surface area contributed by atoms with E-state index in [-0.39, 0.29) is 17.4 Å². The molecule has 0 radical (unpaired) electrons. The van der Waals surface area contributed by atoms with E-state index in [9.17, 15) is 13.6 Å². The molecule has 0 aliphatic heterocycles. The summed E-state index contributed by atoms with van der Waals surface area (Å²) < 4.78 is 30.2. The Morgan fingerprint density at radius 1 is 1.07 bits per heavy atom. The molecule has 4 nitrogen and oxygen atoms in total. The van der Waals surface area contributed by atoms with Crippen molar-refractivity contribution in [3.8, 4) is 11.8 Å². The third-order valence-corrected chi connectivity index (χ3v) is 5.14. The first-order valence-electron chi connectivity index (χ1n) is 9.08. The first-order valence-corrected chi connectivity index (χ1v) is 10.1. The van der Waals surface area contributed by atoms with Gasteiger partial charge in [-0.3, -0.25) is 4.79 Å². The zero-order chi connectivity index (χ0) is 21.3. The van der Waals surface area contributed by atoms with E-state index in [1.54, 1.807) is 30.3 Å². The van der Waals surface area contributed by atoms with E-state index in [0.717, 1.165) is 5.56 Å². The van der Waals surface area contributed by atoms with Crippen LogP contribution in [0.25, 0.3) is 0 Å². The molecule has 1 amide bonds. The lowest BCUT2D eigenvalue weighted by molar-refractivity contribution is -0.0503. The van der Waals surface area contributed by atoms with E-state index in [1.807, 2.05) is 36.4 Å². The van der Waals surface area contributed by atoms with Crippen LogP contribution in [0.2, 0.25) is 0 Å². The fraction of sp³-hybridized carbons (Fsp3) is 0.130. The monoisotopic (exact) mass is 424 g/mol. The molecule has 0 fully saturated rings. The van der Waals surface area contributed by atoms with Crippen molar-refractivity contribution in [2.75, 3.05) is 11.1 Å². The zero-order valence-electron chi connectivity index (χ0n) is 15.8. The molecule has 0 unspecified atom stereocenters. The zero-order valence-corrected chi connectivity index (χ0v) is 16.7. The molecule has 0 spiro atoms. The van der Waals surface area contributed by atoms with Gasteiger partial charge in [-0.2, -0.15) is 14.0 Å². The molecule has 0 aliphatic rings. The number of rotatable bonds is 8. The average Bonchev–Trinajstić information content (AvgIpc) is 2.74. The van der Waals surface area contributed by atoms with Crippen molar-refractivity contribution in [2.45, 2.75) is 17.9 Å². The van der Waals surface area contributed by atoms with Gasteiger partial charge in [0.1, 0.15) is 5.75 Å².